The van der Waals surface area contributed by atoms with Crippen LogP contribution < -0.4 is 28.4 Å². The molecule has 0 saturated carbocycles. The summed E-state index contributed by atoms with van der Waals surface area (Å²) >= 11 is 7.36. The zero-order valence-corrected chi connectivity index (χ0v) is 20.9. The molecule has 1 aromatic rings. The fourth-order valence-corrected chi connectivity index (χ4v) is 6.13. The number of aliphatic carboxylic acids is 1. The number of carboxylic acids is 1. The van der Waals surface area contributed by atoms with Gasteiger partial charge in [0.25, 0.3) is 11.8 Å². The van der Waals surface area contributed by atoms with Crippen LogP contribution in [0.3, 0.4) is 0 Å². The molecular formula is C18H20N10O5S3. The van der Waals surface area contributed by atoms with Gasteiger partial charge in [0.15, 0.2) is 22.2 Å². The average Bonchev–Trinajstić information content (AvgIpc) is 3.27. The molecule has 3 aliphatic rings. The van der Waals surface area contributed by atoms with Gasteiger partial charge in [0, 0.05) is 22.1 Å². The number of nitrogens with two attached hydrogens (primary N) is 4. The van der Waals surface area contributed by atoms with E-state index in [-0.39, 0.29) is 57.5 Å². The number of oxime groups is 1. The van der Waals surface area contributed by atoms with Gasteiger partial charge in [-0.3, -0.25) is 19.5 Å². The standard InChI is InChI=1S/C18H20N10O5S3/c1-33-26-9(8-4-36-17(21)23-8)13(29)25-18(5-34)15(32)28-10(14(30)31)6(3-35-16(18)28)12-24-11(20)7(19)2-27(12)22/h4-5,16H,2-3,19-20,22H2,1H3,(H2,21,23)(H,25,29)(H,30,31)/b26-9-/t16-,18?/m0/s1. The van der Waals surface area contributed by atoms with E-state index in [1.807, 2.05) is 0 Å². The maximum atomic E-state index is 13.4. The van der Waals surface area contributed by atoms with Crippen LogP contribution in [-0.4, -0.2) is 85.0 Å². The average molecular weight is 553 g/mol. The number of thiocarbonyl (C=S) groups is 1. The largest absolute Gasteiger partial charge is 0.477 e. The van der Waals surface area contributed by atoms with Gasteiger partial charge < -0.3 is 32.5 Å². The normalized spacial score (nSPS) is 24.2. The third-order valence-electron chi connectivity index (χ3n) is 5.42. The third kappa shape index (κ3) is 3.92. The molecule has 1 fully saturated rings. The fourth-order valence-electron chi connectivity index (χ4n) is 3.78. The number of carbonyl (C=O) groups is 3. The van der Waals surface area contributed by atoms with Gasteiger partial charge >= 0.3 is 5.97 Å². The predicted octanol–water partition coefficient (Wildman–Crippen LogP) is -2.14. The van der Waals surface area contributed by atoms with E-state index in [0.29, 0.717) is 0 Å². The summed E-state index contributed by atoms with van der Waals surface area (Å²) in [5.41, 5.74) is 15.4. The number of anilines is 1. The summed E-state index contributed by atoms with van der Waals surface area (Å²) < 4.78 is 0. The molecule has 4 rings (SSSR count). The molecule has 1 saturated heterocycles. The number of hydrogen-bond acceptors (Lipinski definition) is 15. The van der Waals surface area contributed by atoms with Crippen LogP contribution >= 0.6 is 35.3 Å². The number of nitrogen functional groups attached to an aromatic ring is 1. The van der Waals surface area contributed by atoms with Crippen molar-refractivity contribution < 1.29 is 24.3 Å². The highest BCUT2D eigenvalue weighted by molar-refractivity contribution is 8.00. The number of hydrazine groups is 1. The van der Waals surface area contributed by atoms with Gasteiger partial charge in [-0.2, -0.15) is 0 Å². The van der Waals surface area contributed by atoms with E-state index in [0.717, 1.165) is 38.4 Å². The molecule has 18 heteroatoms. The summed E-state index contributed by atoms with van der Waals surface area (Å²) in [7, 11) is 1.24. The van der Waals surface area contributed by atoms with Crippen LogP contribution in [0.1, 0.15) is 5.69 Å². The zero-order chi connectivity index (χ0) is 26.4. The van der Waals surface area contributed by atoms with Gasteiger partial charge in [0.2, 0.25) is 0 Å². The Morgan fingerprint density at radius 3 is 2.72 bits per heavy atom. The van der Waals surface area contributed by atoms with Crippen molar-refractivity contribution in [1.29, 1.82) is 0 Å². The molecular weight excluding hydrogens is 532 g/mol. The first-order chi connectivity index (χ1) is 17.0. The number of β-lactam (4-membered cyclic amide) rings is 1. The predicted molar refractivity (Wildman–Crippen MR) is 136 cm³/mol. The van der Waals surface area contributed by atoms with Crippen LogP contribution in [-0.2, 0) is 19.2 Å². The number of amidine groups is 1. The van der Waals surface area contributed by atoms with E-state index in [2.05, 4.69) is 20.4 Å². The number of amides is 2. The molecule has 2 atom stereocenters. The molecule has 15 nitrogen and oxygen atoms in total. The molecule has 10 N–H and O–H groups in total. The van der Waals surface area contributed by atoms with E-state index in [9.17, 15) is 19.5 Å². The van der Waals surface area contributed by atoms with Crippen molar-refractivity contribution in [3.05, 3.63) is 33.9 Å². The maximum absolute atomic E-state index is 13.4. The lowest BCUT2D eigenvalue weighted by atomic mass is 9.87. The lowest BCUT2D eigenvalue weighted by Gasteiger charge is -2.55. The molecule has 2 amide bonds. The smallest absolute Gasteiger partial charge is 0.353 e. The summed E-state index contributed by atoms with van der Waals surface area (Å²) in [6.07, 6.45) is 0. The van der Waals surface area contributed by atoms with Crippen LogP contribution in [0.5, 0.6) is 0 Å². The van der Waals surface area contributed by atoms with Gasteiger partial charge in [-0.25, -0.2) is 20.6 Å². The van der Waals surface area contributed by atoms with Crippen LogP contribution in [0.25, 0.3) is 0 Å². The number of fused-ring (bicyclic) bond motifs is 1. The Morgan fingerprint density at radius 2 is 2.14 bits per heavy atom. The quantitative estimate of drug-likeness (QED) is 0.0696. The summed E-state index contributed by atoms with van der Waals surface area (Å²) in [6, 6.07) is 0. The van der Waals surface area contributed by atoms with Crippen molar-refractivity contribution in [2.75, 3.05) is 25.1 Å². The van der Waals surface area contributed by atoms with E-state index < -0.39 is 28.7 Å². The number of nitrogens with one attached hydrogen (secondary N) is 1. The van der Waals surface area contributed by atoms with Gasteiger partial charge in [-0.05, 0) is 0 Å². The van der Waals surface area contributed by atoms with Crippen molar-refractivity contribution in [1.82, 2.24) is 20.2 Å². The number of nitrogens with zero attached hydrogens (tertiary/aromatic N) is 5. The van der Waals surface area contributed by atoms with Gasteiger partial charge in [0.05, 0.1) is 12.2 Å². The van der Waals surface area contributed by atoms with E-state index in [4.69, 9.17) is 40.1 Å². The van der Waals surface area contributed by atoms with Crippen LogP contribution in [0.2, 0.25) is 0 Å². The number of rotatable bonds is 7. The lowest BCUT2D eigenvalue weighted by molar-refractivity contribution is -0.153. The number of carboxylic acid groups (broad SMARTS) is 1. The van der Waals surface area contributed by atoms with Gasteiger partial charge in [0.1, 0.15) is 29.7 Å². The first-order valence-corrected chi connectivity index (χ1v) is 12.3. The minimum Gasteiger partial charge on any atom is -0.477 e. The number of aromatic nitrogens is 1. The molecule has 0 aromatic carbocycles. The highest BCUT2D eigenvalue weighted by Crippen LogP contribution is 2.46. The Balaban J connectivity index is 1.69. The monoisotopic (exact) mass is 552 g/mol. The highest BCUT2D eigenvalue weighted by Gasteiger charge is 2.65. The molecule has 4 heterocycles. The summed E-state index contributed by atoms with van der Waals surface area (Å²) in [6.45, 7) is 0.0196. The summed E-state index contributed by atoms with van der Waals surface area (Å²) in [4.78, 5) is 52.7. The molecule has 36 heavy (non-hydrogen) atoms. The SMILES string of the molecule is CO/N=C(\C(=O)NC1(C=S)C(=O)N2C(C(=O)O)=C(C3=NC(N)=C(N)CN3N)CS[C@H]21)c1csc(N)n1. The molecule has 0 radical (unpaired) electrons. The third-order valence-corrected chi connectivity index (χ3v) is 7.82. The Morgan fingerprint density at radius 1 is 1.42 bits per heavy atom. The molecule has 1 aromatic heterocycles. The van der Waals surface area contributed by atoms with Crippen molar-refractivity contribution in [2.45, 2.75) is 10.9 Å². The van der Waals surface area contributed by atoms with Crippen LogP contribution in [0, 0.1) is 0 Å². The van der Waals surface area contributed by atoms with E-state index in [1.54, 1.807) is 0 Å². The second kappa shape index (κ2) is 9.37. The number of thiazole rings is 1. The minimum absolute atomic E-state index is 0.000800. The highest BCUT2D eigenvalue weighted by atomic mass is 32.2. The Labute approximate surface area is 216 Å². The first kappa shape index (κ1) is 25.4. The van der Waals surface area contributed by atoms with Crippen LogP contribution in [0.4, 0.5) is 5.13 Å². The van der Waals surface area contributed by atoms with E-state index in [1.165, 1.54) is 12.5 Å². The number of carbonyl (C=O) groups excluding carboxylic acids is 2. The molecule has 1 unspecified atom stereocenters. The fraction of sp³-hybridized carbons (Fsp3) is 0.278. The Hall–Kier alpha value is -3.74. The Bertz CT molecular complexity index is 1300. The number of hydrogen-bond donors (Lipinski definition) is 6. The molecule has 190 valence electrons. The summed E-state index contributed by atoms with van der Waals surface area (Å²) in [5, 5.41) is 19.3. The lowest BCUT2D eigenvalue weighted by Crippen LogP contribution is -2.81. The summed E-state index contributed by atoms with van der Waals surface area (Å²) in [5.74, 6) is 3.15. The molecule has 0 aliphatic carbocycles. The minimum atomic E-state index is -1.71. The first-order valence-electron chi connectivity index (χ1n) is 9.94. The second-order valence-electron chi connectivity index (χ2n) is 7.58. The second-order valence-corrected chi connectivity index (χ2v) is 9.77. The Kier molecular flexibility index (Phi) is 6.60. The number of thioether (sulfide) groups is 1. The van der Waals surface area contributed by atoms with Crippen LogP contribution in [0.15, 0.2) is 38.3 Å². The van der Waals surface area contributed by atoms with Crippen molar-refractivity contribution in [2.24, 2.45) is 27.5 Å². The topological polar surface area (TPSA) is 241 Å². The zero-order valence-electron chi connectivity index (χ0n) is 18.5. The van der Waals surface area contributed by atoms with Crippen molar-refractivity contribution >= 4 is 75.1 Å². The van der Waals surface area contributed by atoms with Gasteiger partial charge in [-0.15, -0.1) is 23.1 Å². The van der Waals surface area contributed by atoms with Crippen molar-refractivity contribution in [3.8, 4) is 0 Å². The number of aliphatic imine (C=N–C) groups is 1. The molecule has 3 aliphatic heterocycles. The molecule has 0 spiro atoms. The maximum Gasteiger partial charge on any atom is 0.353 e. The van der Waals surface area contributed by atoms with E-state index >= 15 is 0 Å². The van der Waals surface area contributed by atoms with Crippen molar-refractivity contribution in [3.63, 3.8) is 0 Å². The van der Waals surface area contributed by atoms with Gasteiger partial charge in [-0.1, -0.05) is 17.4 Å². The molecule has 0 bridgehead atoms.